The molecule has 0 radical (unpaired) electrons. The molecule has 19 heavy (non-hydrogen) atoms. The highest BCUT2D eigenvalue weighted by Crippen LogP contribution is 2.28. The van der Waals surface area contributed by atoms with Crippen LogP contribution in [0.3, 0.4) is 0 Å². The molecule has 0 fully saturated rings. The van der Waals surface area contributed by atoms with Crippen LogP contribution in [0.2, 0.25) is 0 Å². The highest BCUT2D eigenvalue weighted by molar-refractivity contribution is 5.63. The standard InChI is InChI=1S/C15H15N3O/c1-11(19)14-4-3-9-17-15(14)18(2)13-7-5-12(10-16)6-8-13/h3-9,11,19H,1-2H3/t11-/m1/s1. The first-order chi connectivity index (χ1) is 9.13. The maximum Gasteiger partial charge on any atom is 0.138 e. The average Bonchev–Trinajstić information content (AvgIpc) is 2.46. The predicted octanol–water partition coefficient (Wildman–Crippen LogP) is 2.77. The van der Waals surface area contributed by atoms with Gasteiger partial charge in [-0.2, -0.15) is 5.26 Å². The molecule has 0 bridgehead atoms. The van der Waals surface area contributed by atoms with Gasteiger partial charge in [-0.05, 0) is 37.3 Å². The van der Waals surface area contributed by atoms with Crippen molar-refractivity contribution in [3.63, 3.8) is 0 Å². The maximum absolute atomic E-state index is 9.77. The van der Waals surface area contributed by atoms with E-state index in [9.17, 15) is 5.11 Å². The molecule has 1 heterocycles. The molecule has 0 aliphatic rings. The molecule has 96 valence electrons. The van der Waals surface area contributed by atoms with E-state index in [4.69, 9.17) is 5.26 Å². The van der Waals surface area contributed by atoms with Gasteiger partial charge in [0.25, 0.3) is 0 Å². The monoisotopic (exact) mass is 253 g/mol. The van der Waals surface area contributed by atoms with Crippen LogP contribution in [0.5, 0.6) is 0 Å². The first kappa shape index (κ1) is 13.1. The molecule has 1 N–H and O–H groups in total. The van der Waals surface area contributed by atoms with Crippen LogP contribution in [-0.4, -0.2) is 17.1 Å². The SMILES string of the molecule is C[C@@H](O)c1cccnc1N(C)c1ccc(C#N)cc1. The smallest absolute Gasteiger partial charge is 0.138 e. The summed E-state index contributed by atoms with van der Waals surface area (Å²) in [5.41, 5.74) is 2.31. The van der Waals surface area contributed by atoms with Crippen LogP contribution in [0, 0.1) is 11.3 Å². The molecule has 0 saturated carbocycles. The topological polar surface area (TPSA) is 60.2 Å². The zero-order chi connectivity index (χ0) is 13.8. The number of aromatic nitrogens is 1. The third-order valence-corrected chi connectivity index (χ3v) is 2.97. The molecule has 0 spiro atoms. The third kappa shape index (κ3) is 2.72. The maximum atomic E-state index is 9.77. The van der Waals surface area contributed by atoms with E-state index < -0.39 is 6.10 Å². The van der Waals surface area contributed by atoms with Crippen LogP contribution >= 0.6 is 0 Å². The van der Waals surface area contributed by atoms with E-state index in [2.05, 4.69) is 11.1 Å². The van der Waals surface area contributed by atoms with E-state index in [-0.39, 0.29) is 0 Å². The minimum atomic E-state index is -0.579. The van der Waals surface area contributed by atoms with Gasteiger partial charge in [0.15, 0.2) is 0 Å². The van der Waals surface area contributed by atoms with Gasteiger partial charge in [0.2, 0.25) is 0 Å². The third-order valence-electron chi connectivity index (χ3n) is 2.97. The van der Waals surface area contributed by atoms with Gasteiger partial charge in [-0.15, -0.1) is 0 Å². The van der Waals surface area contributed by atoms with Gasteiger partial charge in [-0.3, -0.25) is 0 Å². The minimum absolute atomic E-state index is 0.579. The van der Waals surface area contributed by atoms with E-state index in [1.807, 2.05) is 30.1 Å². The Balaban J connectivity index is 2.38. The van der Waals surface area contributed by atoms with Gasteiger partial charge in [-0.1, -0.05) is 6.07 Å². The summed E-state index contributed by atoms with van der Waals surface area (Å²) in [7, 11) is 1.88. The fraction of sp³-hybridized carbons (Fsp3) is 0.200. The predicted molar refractivity (Wildman–Crippen MR) is 74.1 cm³/mol. The Labute approximate surface area is 112 Å². The zero-order valence-corrected chi connectivity index (χ0v) is 10.9. The molecule has 0 aliphatic heterocycles. The molecular weight excluding hydrogens is 238 g/mol. The largest absolute Gasteiger partial charge is 0.389 e. The van der Waals surface area contributed by atoms with E-state index >= 15 is 0 Å². The lowest BCUT2D eigenvalue weighted by Gasteiger charge is -2.22. The molecule has 0 amide bonds. The Bertz CT molecular complexity index is 600. The summed E-state index contributed by atoms with van der Waals surface area (Å²) in [6.07, 6.45) is 1.12. The van der Waals surface area contributed by atoms with Crippen LogP contribution in [-0.2, 0) is 0 Å². The summed E-state index contributed by atoms with van der Waals surface area (Å²) < 4.78 is 0. The molecule has 4 nitrogen and oxygen atoms in total. The molecular formula is C15H15N3O. The number of benzene rings is 1. The van der Waals surface area contributed by atoms with E-state index in [0.717, 1.165) is 11.3 Å². The number of nitrogens with zero attached hydrogens (tertiary/aromatic N) is 3. The van der Waals surface area contributed by atoms with E-state index in [1.54, 1.807) is 31.3 Å². The van der Waals surface area contributed by atoms with Crippen molar-refractivity contribution in [2.24, 2.45) is 0 Å². The number of anilines is 2. The molecule has 1 aromatic carbocycles. The van der Waals surface area contributed by atoms with Gasteiger partial charge in [0, 0.05) is 24.5 Å². The second-order valence-electron chi connectivity index (χ2n) is 4.31. The van der Waals surface area contributed by atoms with Crippen LogP contribution in [0.25, 0.3) is 0 Å². The molecule has 1 aromatic heterocycles. The molecule has 1 atom stereocenters. The van der Waals surface area contributed by atoms with Gasteiger partial charge in [0.05, 0.1) is 17.7 Å². The molecule has 0 aliphatic carbocycles. The van der Waals surface area contributed by atoms with Crippen molar-refractivity contribution in [1.29, 1.82) is 5.26 Å². The number of pyridine rings is 1. The fourth-order valence-electron chi connectivity index (χ4n) is 1.90. The molecule has 0 unspecified atom stereocenters. The summed E-state index contributed by atoms with van der Waals surface area (Å²) in [6.45, 7) is 1.72. The number of rotatable bonds is 3. The molecule has 2 aromatic rings. The number of nitriles is 1. The Morgan fingerprint density at radius 3 is 2.53 bits per heavy atom. The Kier molecular flexibility index (Phi) is 3.79. The fourth-order valence-corrected chi connectivity index (χ4v) is 1.90. The van der Waals surface area contributed by atoms with Gasteiger partial charge in [-0.25, -0.2) is 4.98 Å². The number of aliphatic hydroxyl groups excluding tert-OH is 1. The van der Waals surface area contributed by atoms with Crippen LogP contribution in [0.4, 0.5) is 11.5 Å². The van der Waals surface area contributed by atoms with Crippen LogP contribution in [0.1, 0.15) is 24.2 Å². The normalized spacial score (nSPS) is 11.7. The molecule has 2 rings (SSSR count). The number of aliphatic hydroxyl groups is 1. The van der Waals surface area contributed by atoms with Gasteiger partial charge >= 0.3 is 0 Å². The Morgan fingerprint density at radius 1 is 1.26 bits per heavy atom. The van der Waals surface area contributed by atoms with Gasteiger partial charge < -0.3 is 10.0 Å². The first-order valence-electron chi connectivity index (χ1n) is 6.00. The van der Waals surface area contributed by atoms with Gasteiger partial charge in [0.1, 0.15) is 5.82 Å². The van der Waals surface area contributed by atoms with Crippen molar-refractivity contribution < 1.29 is 5.11 Å². The number of hydrogen-bond donors (Lipinski definition) is 1. The average molecular weight is 253 g/mol. The van der Waals surface area contributed by atoms with Crippen molar-refractivity contribution in [1.82, 2.24) is 4.98 Å². The highest BCUT2D eigenvalue weighted by Gasteiger charge is 2.13. The van der Waals surface area contributed by atoms with Crippen LogP contribution in [0.15, 0.2) is 42.6 Å². The second-order valence-corrected chi connectivity index (χ2v) is 4.31. The molecule has 4 heteroatoms. The van der Waals surface area contributed by atoms with Crippen molar-refractivity contribution in [2.45, 2.75) is 13.0 Å². The lowest BCUT2D eigenvalue weighted by Crippen LogP contribution is -2.14. The lowest BCUT2D eigenvalue weighted by molar-refractivity contribution is 0.199. The van der Waals surface area contributed by atoms with Crippen molar-refractivity contribution >= 4 is 11.5 Å². The summed E-state index contributed by atoms with van der Waals surface area (Å²) in [5, 5.41) is 18.6. The summed E-state index contributed by atoms with van der Waals surface area (Å²) in [4.78, 5) is 6.21. The lowest BCUT2D eigenvalue weighted by atomic mass is 10.1. The molecule has 0 saturated heterocycles. The van der Waals surface area contributed by atoms with E-state index in [0.29, 0.717) is 11.4 Å². The van der Waals surface area contributed by atoms with Crippen molar-refractivity contribution in [3.8, 4) is 6.07 Å². The zero-order valence-electron chi connectivity index (χ0n) is 10.9. The highest BCUT2D eigenvalue weighted by atomic mass is 16.3. The van der Waals surface area contributed by atoms with Crippen molar-refractivity contribution in [3.05, 3.63) is 53.7 Å². The quantitative estimate of drug-likeness (QED) is 0.913. The van der Waals surface area contributed by atoms with E-state index in [1.165, 1.54) is 0 Å². The van der Waals surface area contributed by atoms with Crippen molar-refractivity contribution in [2.75, 3.05) is 11.9 Å². The Morgan fingerprint density at radius 2 is 1.95 bits per heavy atom. The summed E-state index contributed by atoms with van der Waals surface area (Å²) in [5.74, 6) is 0.710. The summed E-state index contributed by atoms with van der Waals surface area (Å²) >= 11 is 0. The Hall–Kier alpha value is -2.38. The summed E-state index contributed by atoms with van der Waals surface area (Å²) in [6, 6.07) is 13.0. The number of hydrogen-bond acceptors (Lipinski definition) is 4. The first-order valence-corrected chi connectivity index (χ1v) is 6.00. The van der Waals surface area contributed by atoms with Crippen LogP contribution < -0.4 is 4.90 Å². The second kappa shape index (κ2) is 5.51. The minimum Gasteiger partial charge on any atom is -0.389 e.